The molecule has 0 saturated heterocycles. The molecule has 1 aliphatic rings. The normalized spacial score (nSPS) is 17.8. The van der Waals surface area contributed by atoms with Crippen molar-refractivity contribution in [3.05, 3.63) is 65.7 Å². The van der Waals surface area contributed by atoms with E-state index in [1.165, 1.54) is 11.1 Å². The molecule has 23 heavy (non-hydrogen) atoms. The van der Waals surface area contributed by atoms with Crippen LogP contribution >= 0.6 is 0 Å². The molecule has 3 heteroatoms. The van der Waals surface area contributed by atoms with Crippen LogP contribution in [0.3, 0.4) is 0 Å². The van der Waals surface area contributed by atoms with Gasteiger partial charge in [-0.2, -0.15) is 0 Å². The van der Waals surface area contributed by atoms with Crippen LogP contribution in [0.25, 0.3) is 0 Å². The number of benzene rings is 2. The molecule has 1 heterocycles. The molecule has 0 bridgehead atoms. The number of hydrogen-bond acceptors (Lipinski definition) is 2. The summed E-state index contributed by atoms with van der Waals surface area (Å²) in [4.78, 5) is 14.7. The number of para-hydroxylation sites is 1. The Kier molecular flexibility index (Phi) is 4.77. The summed E-state index contributed by atoms with van der Waals surface area (Å²) in [5.74, 6) is 0.0514. The lowest BCUT2D eigenvalue weighted by Gasteiger charge is -2.26. The third-order valence-corrected chi connectivity index (χ3v) is 4.39. The minimum atomic E-state index is -0.424. The number of rotatable bonds is 5. The lowest BCUT2D eigenvalue weighted by Crippen LogP contribution is -2.42. The zero-order chi connectivity index (χ0) is 16.2. The maximum Gasteiger partial charge on any atom is 0.256 e. The fraction of sp³-hybridized carbons (Fsp3) is 0.350. The number of ether oxygens (including phenoxy) is 1. The second-order valence-electron chi connectivity index (χ2n) is 6.14. The van der Waals surface area contributed by atoms with Gasteiger partial charge in [-0.1, -0.05) is 48.5 Å². The largest absolute Gasteiger partial charge is 0.368 e. The highest BCUT2D eigenvalue weighted by atomic mass is 16.5. The topological polar surface area (TPSA) is 29.5 Å². The summed E-state index contributed by atoms with van der Waals surface area (Å²) in [5.41, 5.74) is 3.50. The Labute approximate surface area is 137 Å². The predicted molar refractivity (Wildman–Crippen MR) is 92.7 cm³/mol. The fourth-order valence-electron chi connectivity index (χ4n) is 3.17. The van der Waals surface area contributed by atoms with E-state index in [9.17, 15) is 4.79 Å². The standard InChI is InChI=1S/C20H23NO2/c1-15-14-18-10-6-7-11-19(18)21(15)20(22)16(2)23-13-12-17-8-4-3-5-9-17/h3-11,15-16H,12-14H2,1-2H3/t15-,16-/m1/s1. The molecule has 0 unspecified atom stereocenters. The third-order valence-electron chi connectivity index (χ3n) is 4.39. The first-order valence-electron chi connectivity index (χ1n) is 8.23. The Morgan fingerprint density at radius 1 is 1.17 bits per heavy atom. The lowest BCUT2D eigenvalue weighted by molar-refractivity contribution is -0.129. The number of carbonyl (C=O) groups is 1. The van der Waals surface area contributed by atoms with E-state index in [0.29, 0.717) is 6.61 Å². The van der Waals surface area contributed by atoms with E-state index in [1.54, 1.807) is 0 Å². The van der Waals surface area contributed by atoms with Gasteiger partial charge in [0.05, 0.1) is 6.61 Å². The van der Waals surface area contributed by atoms with E-state index in [4.69, 9.17) is 4.74 Å². The van der Waals surface area contributed by atoms with E-state index in [-0.39, 0.29) is 11.9 Å². The molecule has 120 valence electrons. The number of carbonyl (C=O) groups excluding carboxylic acids is 1. The summed E-state index contributed by atoms with van der Waals surface area (Å²) in [6.07, 6.45) is 1.32. The van der Waals surface area contributed by atoms with Crippen molar-refractivity contribution in [2.45, 2.75) is 38.8 Å². The maximum absolute atomic E-state index is 12.8. The van der Waals surface area contributed by atoms with Gasteiger partial charge in [0.1, 0.15) is 6.10 Å². The minimum Gasteiger partial charge on any atom is -0.368 e. The summed E-state index contributed by atoms with van der Waals surface area (Å²) in [5, 5.41) is 0. The van der Waals surface area contributed by atoms with Crippen molar-refractivity contribution < 1.29 is 9.53 Å². The zero-order valence-corrected chi connectivity index (χ0v) is 13.7. The average molecular weight is 309 g/mol. The summed E-state index contributed by atoms with van der Waals surface area (Å²) in [6.45, 7) is 4.50. The molecule has 0 fully saturated rings. The van der Waals surface area contributed by atoms with Crippen molar-refractivity contribution in [2.75, 3.05) is 11.5 Å². The lowest BCUT2D eigenvalue weighted by atomic mass is 10.1. The molecule has 2 aromatic carbocycles. The molecule has 1 aliphatic heterocycles. The first-order valence-corrected chi connectivity index (χ1v) is 8.23. The van der Waals surface area contributed by atoms with Crippen molar-refractivity contribution >= 4 is 11.6 Å². The quantitative estimate of drug-likeness (QED) is 0.844. The van der Waals surface area contributed by atoms with Gasteiger partial charge in [-0.15, -0.1) is 0 Å². The molecule has 0 spiro atoms. The number of anilines is 1. The Morgan fingerprint density at radius 2 is 1.87 bits per heavy atom. The Morgan fingerprint density at radius 3 is 2.65 bits per heavy atom. The van der Waals surface area contributed by atoms with E-state index in [1.807, 2.05) is 48.2 Å². The molecular weight excluding hydrogens is 286 g/mol. The van der Waals surface area contributed by atoms with Crippen molar-refractivity contribution in [3.63, 3.8) is 0 Å². The van der Waals surface area contributed by atoms with Crippen LogP contribution in [0.4, 0.5) is 5.69 Å². The monoisotopic (exact) mass is 309 g/mol. The van der Waals surface area contributed by atoms with Gasteiger partial charge in [0.25, 0.3) is 5.91 Å². The highest BCUT2D eigenvalue weighted by Gasteiger charge is 2.33. The molecule has 2 aromatic rings. The Bertz CT molecular complexity index is 668. The summed E-state index contributed by atoms with van der Waals surface area (Å²) >= 11 is 0. The van der Waals surface area contributed by atoms with Crippen LogP contribution in [-0.2, 0) is 22.4 Å². The molecular formula is C20H23NO2. The van der Waals surface area contributed by atoms with Crippen molar-refractivity contribution in [2.24, 2.45) is 0 Å². The molecule has 2 atom stereocenters. The molecule has 0 aromatic heterocycles. The SMILES string of the molecule is C[C@@H]1Cc2ccccc2N1C(=O)[C@@H](C)OCCc1ccccc1. The van der Waals surface area contributed by atoms with Gasteiger partial charge in [0.15, 0.2) is 0 Å². The zero-order valence-electron chi connectivity index (χ0n) is 13.7. The van der Waals surface area contributed by atoms with E-state index >= 15 is 0 Å². The van der Waals surface area contributed by atoms with Crippen LogP contribution in [0.1, 0.15) is 25.0 Å². The maximum atomic E-state index is 12.8. The highest BCUT2D eigenvalue weighted by Crippen LogP contribution is 2.32. The van der Waals surface area contributed by atoms with Crippen molar-refractivity contribution in [1.82, 2.24) is 0 Å². The van der Waals surface area contributed by atoms with Crippen molar-refractivity contribution in [1.29, 1.82) is 0 Å². The van der Waals surface area contributed by atoms with Crippen molar-refractivity contribution in [3.8, 4) is 0 Å². The average Bonchev–Trinajstić information content (AvgIpc) is 2.90. The molecule has 1 amide bonds. The molecule has 0 N–H and O–H groups in total. The van der Waals surface area contributed by atoms with Gasteiger partial charge < -0.3 is 9.64 Å². The van der Waals surface area contributed by atoms with Crippen LogP contribution in [0.2, 0.25) is 0 Å². The van der Waals surface area contributed by atoms with Crippen LogP contribution in [0.15, 0.2) is 54.6 Å². The van der Waals surface area contributed by atoms with E-state index in [2.05, 4.69) is 25.1 Å². The van der Waals surface area contributed by atoms with Crippen LogP contribution in [-0.4, -0.2) is 24.7 Å². The fourth-order valence-corrected chi connectivity index (χ4v) is 3.17. The number of hydrogen-bond donors (Lipinski definition) is 0. The summed E-state index contributed by atoms with van der Waals surface area (Å²) < 4.78 is 5.79. The second kappa shape index (κ2) is 6.97. The summed E-state index contributed by atoms with van der Waals surface area (Å²) in [7, 11) is 0. The molecule has 3 rings (SSSR count). The van der Waals surface area contributed by atoms with Gasteiger partial charge in [0.2, 0.25) is 0 Å². The van der Waals surface area contributed by atoms with Crippen LogP contribution in [0.5, 0.6) is 0 Å². The molecule has 0 saturated carbocycles. The van der Waals surface area contributed by atoms with Gasteiger partial charge in [0, 0.05) is 11.7 Å². The van der Waals surface area contributed by atoms with Crippen LogP contribution in [0, 0.1) is 0 Å². The number of nitrogens with zero attached hydrogens (tertiary/aromatic N) is 1. The number of fused-ring (bicyclic) bond motifs is 1. The van der Waals surface area contributed by atoms with Gasteiger partial charge >= 0.3 is 0 Å². The Balaban J connectivity index is 1.59. The molecule has 3 nitrogen and oxygen atoms in total. The first kappa shape index (κ1) is 15.8. The minimum absolute atomic E-state index is 0.0514. The van der Waals surface area contributed by atoms with Gasteiger partial charge in [-0.3, -0.25) is 4.79 Å². The van der Waals surface area contributed by atoms with Gasteiger partial charge in [-0.05, 0) is 43.9 Å². The second-order valence-corrected chi connectivity index (χ2v) is 6.14. The van der Waals surface area contributed by atoms with E-state index in [0.717, 1.165) is 18.5 Å². The highest BCUT2D eigenvalue weighted by molar-refractivity contribution is 5.98. The van der Waals surface area contributed by atoms with Gasteiger partial charge in [-0.25, -0.2) is 0 Å². The predicted octanol–water partition coefficient (Wildman–Crippen LogP) is 3.61. The Hall–Kier alpha value is -2.13. The first-order chi connectivity index (χ1) is 11.2. The number of amides is 1. The van der Waals surface area contributed by atoms with E-state index < -0.39 is 6.10 Å². The smallest absolute Gasteiger partial charge is 0.256 e. The molecule has 0 radical (unpaired) electrons. The third kappa shape index (κ3) is 3.45. The molecule has 0 aliphatic carbocycles. The van der Waals surface area contributed by atoms with Crippen LogP contribution < -0.4 is 4.90 Å². The summed E-state index contributed by atoms with van der Waals surface area (Å²) in [6, 6.07) is 18.5.